The number of hydrogen-bond acceptors (Lipinski definition) is 4. The fraction of sp³-hybridized carbons (Fsp3) is 0.467. The van der Waals surface area contributed by atoms with Gasteiger partial charge in [0, 0.05) is 30.1 Å². The van der Waals surface area contributed by atoms with Crippen LogP contribution in [-0.4, -0.2) is 34.5 Å². The molecule has 0 bridgehead atoms. The summed E-state index contributed by atoms with van der Waals surface area (Å²) in [6.07, 6.45) is 4.58. The highest BCUT2D eigenvalue weighted by Gasteiger charge is 2.28. The largest absolute Gasteiger partial charge is 0.478 e. The molecule has 6 heteroatoms. The molecule has 0 spiro atoms. The van der Waals surface area contributed by atoms with E-state index in [-0.39, 0.29) is 11.8 Å². The molecule has 1 aliphatic rings. The van der Waals surface area contributed by atoms with E-state index in [0.29, 0.717) is 12.6 Å². The zero-order valence-electron chi connectivity index (χ0n) is 12.0. The lowest BCUT2D eigenvalue weighted by Crippen LogP contribution is -2.45. The van der Waals surface area contributed by atoms with E-state index in [0.717, 1.165) is 35.9 Å². The van der Waals surface area contributed by atoms with E-state index < -0.39 is 5.97 Å². The summed E-state index contributed by atoms with van der Waals surface area (Å²) in [5.41, 5.74) is 6.35. The zero-order chi connectivity index (χ0) is 15.4. The molecule has 1 aliphatic heterocycles. The molecular weight excluding hydrogens is 288 g/mol. The van der Waals surface area contributed by atoms with Crippen molar-refractivity contribution in [3.8, 4) is 0 Å². The molecule has 0 radical (unpaired) electrons. The maximum Gasteiger partial charge on any atom is 0.328 e. The summed E-state index contributed by atoms with van der Waals surface area (Å²) in [5, 5.41) is 10.7. The average Bonchev–Trinajstić information content (AvgIpc) is 2.86. The van der Waals surface area contributed by atoms with Crippen LogP contribution in [0.2, 0.25) is 0 Å². The Kier molecular flexibility index (Phi) is 5.14. The fourth-order valence-corrected chi connectivity index (χ4v) is 3.50. The second-order valence-electron chi connectivity index (χ2n) is 5.43. The Balaban J connectivity index is 2.08. The van der Waals surface area contributed by atoms with Crippen LogP contribution in [0.25, 0.3) is 6.08 Å². The number of aliphatic carboxylic acids is 1. The predicted molar refractivity (Wildman–Crippen MR) is 82.8 cm³/mol. The summed E-state index contributed by atoms with van der Waals surface area (Å²) in [6, 6.07) is 2.32. The first-order valence-corrected chi connectivity index (χ1v) is 7.86. The van der Waals surface area contributed by atoms with Crippen LogP contribution in [0, 0.1) is 5.92 Å². The summed E-state index contributed by atoms with van der Waals surface area (Å²) < 4.78 is 0. The van der Waals surface area contributed by atoms with Crippen LogP contribution in [-0.2, 0) is 16.1 Å². The Morgan fingerprint density at radius 1 is 1.52 bits per heavy atom. The molecule has 2 heterocycles. The van der Waals surface area contributed by atoms with E-state index in [4.69, 9.17) is 10.8 Å². The van der Waals surface area contributed by atoms with Crippen molar-refractivity contribution in [1.82, 2.24) is 4.90 Å². The van der Waals surface area contributed by atoms with Crippen LogP contribution in [0.4, 0.5) is 0 Å². The normalized spacial score (nSPS) is 23.5. The lowest BCUT2D eigenvalue weighted by Gasteiger charge is -2.36. The third-order valence-electron chi connectivity index (χ3n) is 3.95. The number of carboxylic acid groups (broad SMARTS) is 1. The second-order valence-corrected chi connectivity index (χ2v) is 6.43. The molecule has 2 unspecified atom stereocenters. The number of hydrogen-bond donors (Lipinski definition) is 2. The van der Waals surface area contributed by atoms with Crippen molar-refractivity contribution < 1.29 is 14.7 Å². The lowest BCUT2D eigenvalue weighted by atomic mass is 9.93. The number of nitrogens with two attached hydrogens (primary N) is 1. The number of carbonyl (C=O) groups excluding carboxylic acids is 1. The summed E-state index contributed by atoms with van der Waals surface area (Å²) in [4.78, 5) is 25.4. The third kappa shape index (κ3) is 4.15. The monoisotopic (exact) mass is 308 g/mol. The quantitative estimate of drug-likeness (QED) is 0.814. The number of thiophene rings is 1. The molecule has 1 fully saturated rings. The average molecular weight is 308 g/mol. The number of primary amides is 1. The summed E-state index contributed by atoms with van der Waals surface area (Å²) in [5.74, 6) is -1.27. The number of likely N-dealkylation sites (tertiary alicyclic amines) is 1. The molecular formula is C15H20N2O3S. The summed E-state index contributed by atoms with van der Waals surface area (Å²) >= 11 is 1.60. The minimum Gasteiger partial charge on any atom is -0.478 e. The van der Waals surface area contributed by atoms with Gasteiger partial charge in [-0.25, -0.2) is 4.79 Å². The second kappa shape index (κ2) is 6.87. The van der Waals surface area contributed by atoms with Crippen LogP contribution in [0.5, 0.6) is 0 Å². The first kappa shape index (κ1) is 15.7. The zero-order valence-corrected chi connectivity index (χ0v) is 12.8. The number of nitrogens with zero attached hydrogens (tertiary/aromatic N) is 1. The van der Waals surface area contributed by atoms with E-state index >= 15 is 0 Å². The van der Waals surface area contributed by atoms with Crippen LogP contribution < -0.4 is 5.73 Å². The topological polar surface area (TPSA) is 83.6 Å². The molecule has 1 amide bonds. The molecule has 0 aromatic carbocycles. The van der Waals surface area contributed by atoms with E-state index in [1.54, 1.807) is 17.4 Å². The first-order chi connectivity index (χ1) is 9.97. The van der Waals surface area contributed by atoms with Crippen molar-refractivity contribution in [3.63, 3.8) is 0 Å². The first-order valence-electron chi connectivity index (χ1n) is 6.98. The van der Waals surface area contributed by atoms with Gasteiger partial charge in [0.2, 0.25) is 5.91 Å². The van der Waals surface area contributed by atoms with Crippen molar-refractivity contribution in [2.24, 2.45) is 11.7 Å². The molecule has 0 aliphatic carbocycles. The SMILES string of the molecule is CC1CCC(C(N)=O)CN1Cc1sccc1C=CC(=O)O. The van der Waals surface area contributed by atoms with Gasteiger partial charge in [-0.15, -0.1) is 11.3 Å². The van der Waals surface area contributed by atoms with E-state index in [1.807, 2.05) is 11.4 Å². The summed E-state index contributed by atoms with van der Waals surface area (Å²) in [7, 11) is 0. The van der Waals surface area contributed by atoms with Crippen molar-refractivity contribution in [2.75, 3.05) is 6.54 Å². The molecule has 1 aromatic heterocycles. The molecule has 1 aromatic rings. The molecule has 0 saturated carbocycles. The highest BCUT2D eigenvalue weighted by atomic mass is 32.1. The van der Waals surface area contributed by atoms with Gasteiger partial charge in [0.25, 0.3) is 0 Å². The minimum absolute atomic E-state index is 0.0841. The Bertz CT molecular complexity index is 553. The molecule has 2 rings (SSSR count). The van der Waals surface area contributed by atoms with Gasteiger partial charge in [0.15, 0.2) is 0 Å². The Hall–Kier alpha value is -1.66. The van der Waals surface area contributed by atoms with Crippen molar-refractivity contribution in [3.05, 3.63) is 28.0 Å². The predicted octanol–water partition coefficient (Wildman–Crippen LogP) is 1.93. The highest BCUT2D eigenvalue weighted by molar-refractivity contribution is 7.10. The molecule has 21 heavy (non-hydrogen) atoms. The number of carbonyl (C=O) groups is 2. The summed E-state index contributed by atoms with van der Waals surface area (Å²) in [6.45, 7) is 3.55. The maximum absolute atomic E-state index is 11.4. The van der Waals surface area contributed by atoms with Crippen molar-refractivity contribution in [1.29, 1.82) is 0 Å². The Morgan fingerprint density at radius 3 is 2.95 bits per heavy atom. The van der Waals surface area contributed by atoms with Gasteiger partial charge in [-0.3, -0.25) is 9.69 Å². The number of piperidine rings is 1. The van der Waals surface area contributed by atoms with Gasteiger partial charge in [0.1, 0.15) is 0 Å². The highest BCUT2D eigenvalue weighted by Crippen LogP contribution is 2.27. The molecule has 3 N–H and O–H groups in total. The van der Waals surface area contributed by atoms with Gasteiger partial charge in [0.05, 0.1) is 5.92 Å². The molecule has 2 atom stereocenters. The van der Waals surface area contributed by atoms with E-state index in [9.17, 15) is 9.59 Å². The maximum atomic E-state index is 11.4. The molecule has 5 nitrogen and oxygen atoms in total. The molecule has 1 saturated heterocycles. The van der Waals surface area contributed by atoms with Gasteiger partial charge in [-0.2, -0.15) is 0 Å². The number of rotatable bonds is 5. The van der Waals surface area contributed by atoms with Gasteiger partial charge in [-0.05, 0) is 42.9 Å². The van der Waals surface area contributed by atoms with E-state index in [2.05, 4.69) is 11.8 Å². The Morgan fingerprint density at radius 2 is 2.29 bits per heavy atom. The molecule has 114 valence electrons. The minimum atomic E-state index is -0.952. The van der Waals surface area contributed by atoms with Crippen molar-refractivity contribution in [2.45, 2.75) is 32.4 Å². The fourth-order valence-electron chi connectivity index (χ4n) is 2.60. The van der Waals surface area contributed by atoms with Crippen LogP contribution in [0.15, 0.2) is 17.5 Å². The van der Waals surface area contributed by atoms with Crippen molar-refractivity contribution >= 4 is 29.3 Å². The Labute approximate surface area is 128 Å². The van der Waals surface area contributed by atoms with Crippen LogP contribution in [0.1, 0.15) is 30.2 Å². The van der Waals surface area contributed by atoms with Gasteiger partial charge in [-0.1, -0.05) is 0 Å². The van der Waals surface area contributed by atoms with Gasteiger partial charge >= 0.3 is 5.97 Å². The number of amides is 1. The van der Waals surface area contributed by atoms with Gasteiger partial charge < -0.3 is 10.8 Å². The standard InChI is InChI=1S/C15H20N2O3S/c1-10-2-3-12(15(16)20)8-17(10)9-13-11(6-7-21-13)4-5-14(18)19/h4-7,10,12H,2-3,8-9H2,1H3,(H2,16,20)(H,18,19). The lowest BCUT2D eigenvalue weighted by molar-refractivity contribution is -0.131. The number of carboxylic acids is 1. The third-order valence-corrected chi connectivity index (χ3v) is 4.87. The van der Waals surface area contributed by atoms with Crippen LogP contribution in [0.3, 0.4) is 0 Å². The van der Waals surface area contributed by atoms with Crippen LogP contribution >= 0.6 is 11.3 Å². The van der Waals surface area contributed by atoms with E-state index in [1.165, 1.54) is 0 Å². The smallest absolute Gasteiger partial charge is 0.328 e.